The van der Waals surface area contributed by atoms with Gasteiger partial charge < -0.3 is 14.8 Å². The van der Waals surface area contributed by atoms with Crippen molar-refractivity contribution in [2.24, 2.45) is 0 Å². The van der Waals surface area contributed by atoms with Gasteiger partial charge in [0.25, 0.3) is 17.7 Å². The second-order valence-electron chi connectivity index (χ2n) is 9.27. The van der Waals surface area contributed by atoms with E-state index >= 15 is 0 Å². The Balaban J connectivity index is 1.59. The molecular formula is C30H28BrN3O6. The number of halogens is 1. The molecule has 0 atom stereocenters. The smallest absolute Gasteiger partial charge is 0.335 e. The number of carbonyl (C=O) groups excluding carboxylic acids is 4. The number of carbonyl (C=O) groups is 4. The van der Waals surface area contributed by atoms with Crippen LogP contribution in [0.2, 0.25) is 0 Å². The number of nitrogens with one attached hydrogen (secondary N) is 2. The van der Waals surface area contributed by atoms with E-state index in [-0.39, 0.29) is 23.8 Å². The highest BCUT2D eigenvalue weighted by Crippen LogP contribution is 2.38. The summed E-state index contributed by atoms with van der Waals surface area (Å²) in [6.07, 6.45) is 1.38. The van der Waals surface area contributed by atoms with E-state index in [4.69, 9.17) is 9.47 Å². The van der Waals surface area contributed by atoms with Gasteiger partial charge in [-0.2, -0.15) is 0 Å². The highest BCUT2D eigenvalue weighted by atomic mass is 79.9. The van der Waals surface area contributed by atoms with Gasteiger partial charge in [-0.05, 0) is 103 Å². The van der Waals surface area contributed by atoms with Crippen molar-refractivity contribution in [3.63, 3.8) is 0 Å². The van der Waals surface area contributed by atoms with Gasteiger partial charge in [0.1, 0.15) is 5.57 Å². The van der Waals surface area contributed by atoms with Crippen molar-refractivity contribution in [2.45, 2.75) is 27.7 Å². The van der Waals surface area contributed by atoms with Crippen molar-refractivity contribution in [1.82, 2.24) is 5.32 Å². The molecule has 40 heavy (non-hydrogen) atoms. The van der Waals surface area contributed by atoms with Crippen molar-refractivity contribution in [3.05, 3.63) is 86.9 Å². The SMILES string of the molecule is CCOc1cc(/C=C2\C(=O)NC(=O)N(c3cc(C)cc(C)c3)C2=O)cc(Br)c1OCC(=O)Nc1ccc(C)cc1. The van der Waals surface area contributed by atoms with Crippen molar-refractivity contribution in [2.75, 3.05) is 23.4 Å². The molecule has 0 aromatic heterocycles. The number of hydrogen-bond acceptors (Lipinski definition) is 6. The number of urea groups is 1. The quantitative estimate of drug-likeness (QED) is 0.260. The number of imide groups is 2. The predicted molar refractivity (Wildman–Crippen MR) is 156 cm³/mol. The molecule has 1 aliphatic rings. The van der Waals surface area contributed by atoms with Crippen LogP contribution < -0.4 is 25.0 Å². The number of barbiturate groups is 1. The molecule has 0 bridgehead atoms. The molecule has 3 aromatic rings. The monoisotopic (exact) mass is 605 g/mol. The van der Waals surface area contributed by atoms with Crippen LogP contribution in [0.5, 0.6) is 11.5 Å². The maximum absolute atomic E-state index is 13.3. The molecule has 0 aliphatic carbocycles. The van der Waals surface area contributed by atoms with Crippen molar-refractivity contribution >= 4 is 57.1 Å². The third-order valence-corrected chi connectivity index (χ3v) is 6.48. The normalized spacial score (nSPS) is 14.3. The molecule has 1 aliphatic heterocycles. The molecule has 5 amide bonds. The Labute approximate surface area is 240 Å². The van der Waals surface area contributed by atoms with Crippen LogP contribution in [0.3, 0.4) is 0 Å². The van der Waals surface area contributed by atoms with E-state index in [1.807, 2.05) is 39.0 Å². The third-order valence-electron chi connectivity index (χ3n) is 5.89. The number of hydrogen-bond donors (Lipinski definition) is 2. The molecule has 0 unspecified atom stereocenters. The minimum Gasteiger partial charge on any atom is -0.490 e. The minimum atomic E-state index is -0.819. The second kappa shape index (κ2) is 12.2. The molecular weight excluding hydrogens is 578 g/mol. The Morgan fingerprint density at radius 1 is 0.950 bits per heavy atom. The van der Waals surface area contributed by atoms with Gasteiger partial charge in [-0.1, -0.05) is 23.8 Å². The van der Waals surface area contributed by atoms with Gasteiger partial charge in [-0.3, -0.25) is 19.7 Å². The van der Waals surface area contributed by atoms with E-state index < -0.39 is 17.8 Å². The largest absolute Gasteiger partial charge is 0.490 e. The van der Waals surface area contributed by atoms with Crippen LogP contribution in [0.15, 0.2) is 64.6 Å². The van der Waals surface area contributed by atoms with E-state index in [1.54, 1.807) is 43.3 Å². The molecule has 2 N–H and O–H groups in total. The first-order chi connectivity index (χ1) is 19.0. The maximum Gasteiger partial charge on any atom is 0.335 e. The molecule has 1 saturated heterocycles. The first-order valence-corrected chi connectivity index (χ1v) is 13.3. The van der Waals surface area contributed by atoms with Crippen LogP contribution in [-0.2, 0) is 14.4 Å². The van der Waals surface area contributed by atoms with E-state index in [9.17, 15) is 19.2 Å². The summed E-state index contributed by atoms with van der Waals surface area (Å²) in [6.45, 7) is 7.48. The zero-order chi connectivity index (χ0) is 29.0. The first kappa shape index (κ1) is 28.6. The van der Waals surface area contributed by atoms with Crippen LogP contribution >= 0.6 is 15.9 Å². The van der Waals surface area contributed by atoms with Crippen LogP contribution in [0.1, 0.15) is 29.2 Å². The molecule has 0 spiro atoms. The summed E-state index contributed by atoms with van der Waals surface area (Å²) in [6, 6.07) is 15.1. The van der Waals surface area contributed by atoms with E-state index in [0.717, 1.165) is 21.6 Å². The van der Waals surface area contributed by atoms with Crippen molar-refractivity contribution < 1.29 is 28.7 Å². The standard InChI is InChI=1S/C30H28BrN3O6/c1-5-39-25-15-20(14-24(31)27(25)40-16-26(35)32-21-8-6-17(2)7-9-21)13-23-28(36)33-30(38)34(29(23)37)22-11-18(3)10-19(4)12-22/h6-15H,5,16H2,1-4H3,(H,32,35)(H,33,36,38)/b23-13+. The summed E-state index contributed by atoms with van der Waals surface area (Å²) in [4.78, 5) is 52.0. The van der Waals surface area contributed by atoms with E-state index in [1.165, 1.54) is 6.08 Å². The Bertz CT molecular complexity index is 1510. The zero-order valence-electron chi connectivity index (χ0n) is 22.5. The fraction of sp³-hybridized carbons (Fsp3) is 0.200. The number of anilines is 2. The molecule has 1 heterocycles. The Kier molecular flexibility index (Phi) is 8.69. The van der Waals surface area contributed by atoms with Gasteiger partial charge in [0.05, 0.1) is 16.8 Å². The van der Waals surface area contributed by atoms with Gasteiger partial charge in [0.15, 0.2) is 18.1 Å². The van der Waals surface area contributed by atoms with Crippen molar-refractivity contribution in [1.29, 1.82) is 0 Å². The Morgan fingerprint density at radius 3 is 2.27 bits per heavy atom. The highest BCUT2D eigenvalue weighted by molar-refractivity contribution is 9.10. The molecule has 9 nitrogen and oxygen atoms in total. The zero-order valence-corrected chi connectivity index (χ0v) is 24.0. The molecule has 4 rings (SSSR count). The number of benzene rings is 3. The Hall–Kier alpha value is -4.44. The lowest BCUT2D eigenvalue weighted by molar-refractivity contribution is -0.122. The first-order valence-electron chi connectivity index (χ1n) is 12.5. The van der Waals surface area contributed by atoms with Gasteiger partial charge in [-0.25, -0.2) is 9.69 Å². The number of aryl methyl sites for hydroxylation is 3. The lowest BCUT2D eigenvalue weighted by atomic mass is 10.0. The van der Waals surface area contributed by atoms with Crippen LogP contribution in [-0.4, -0.2) is 37.0 Å². The van der Waals surface area contributed by atoms with Gasteiger partial charge in [0, 0.05) is 5.69 Å². The summed E-state index contributed by atoms with van der Waals surface area (Å²) < 4.78 is 11.9. The molecule has 0 radical (unpaired) electrons. The average molecular weight is 606 g/mol. The topological polar surface area (TPSA) is 114 Å². The lowest BCUT2D eigenvalue weighted by Crippen LogP contribution is -2.54. The third kappa shape index (κ3) is 6.58. The maximum atomic E-state index is 13.3. The number of nitrogens with zero attached hydrogens (tertiary/aromatic N) is 1. The average Bonchev–Trinajstić information content (AvgIpc) is 2.87. The molecule has 3 aromatic carbocycles. The predicted octanol–water partition coefficient (Wildman–Crippen LogP) is 5.46. The van der Waals surface area contributed by atoms with Crippen LogP contribution in [0, 0.1) is 20.8 Å². The molecule has 0 saturated carbocycles. The lowest BCUT2D eigenvalue weighted by Gasteiger charge is -2.27. The molecule has 206 valence electrons. The number of ether oxygens (including phenoxy) is 2. The molecule has 10 heteroatoms. The van der Waals surface area contributed by atoms with Crippen molar-refractivity contribution in [3.8, 4) is 11.5 Å². The number of amides is 5. The van der Waals surface area contributed by atoms with Gasteiger partial charge in [0.2, 0.25) is 0 Å². The van der Waals surface area contributed by atoms with Crippen LogP contribution in [0.25, 0.3) is 6.08 Å². The van der Waals surface area contributed by atoms with E-state index in [2.05, 4.69) is 26.6 Å². The molecule has 1 fully saturated rings. The number of rotatable bonds is 8. The summed E-state index contributed by atoms with van der Waals surface area (Å²) in [7, 11) is 0. The fourth-order valence-electron chi connectivity index (χ4n) is 4.18. The summed E-state index contributed by atoms with van der Waals surface area (Å²) >= 11 is 3.45. The van der Waals surface area contributed by atoms with Crippen LogP contribution in [0.4, 0.5) is 16.2 Å². The fourth-order valence-corrected chi connectivity index (χ4v) is 4.76. The van der Waals surface area contributed by atoms with Gasteiger partial charge in [-0.15, -0.1) is 0 Å². The summed E-state index contributed by atoms with van der Waals surface area (Å²) in [5.41, 5.74) is 4.04. The minimum absolute atomic E-state index is 0.223. The second-order valence-corrected chi connectivity index (χ2v) is 10.1. The van der Waals surface area contributed by atoms with E-state index in [0.29, 0.717) is 33.8 Å². The summed E-state index contributed by atoms with van der Waals surface area (Å²) in [5, 5.41) is 5.01. The summed E-state index contributed by atoms with van der Waals surface area (Å²) in [5.74, 6) is -1.32. The van der Waals surface area contributed by atoms with Gasteiger partial charge >= 0.3 is 6.03 Å². The Morgan fingerprint density at radius 2 is 1.62 bits per heavy atom. The highest BCUT2D eigenvalue weighted by Gasteiger charge is 2.37.